The van der Waals surface area contributed by atoms with Crippen LogP contribution in [0.4, 0.5) is 5.82 Å². The second-order valence-corrected chi connectivity index (χ2v) is 6.96. The van der Waals surface area contributed by atoms with Gasteiger partial charge in [-0.3, -0.25) is 4.79 Å². The number of nitrogens with zero attached hydrogens (tertiary/aromatic N) is 4. The number of hydrogen-bond acceptors (Lipinski definition) is 5. The minimum atomic E-state index is 0.338. The van der Waals surface area contributed by atoms with E-state index >= 15 is 0 Å². The predicted octanol–water partition coefficient (Wildman–Crippen LogP) is 2.37. The van der Waals surface area contributed by atoms with Crippen LogP contribution in [0.3, 0.4) is 0 Å². The minimum absolute atomic E-state index is 0.338. The maximum atomic E-state index is 11.4. The number of halogens is 1. The Hall–Kier alpha value is -1.40. The number of carbonyl (C=O) groups is 1. The van der Waals surface area contributed by atoms with Gasteiger partial charge in [0.2, 0.25) is 6.41 Å². The van der Waals surface area contributed by atoms with Crippen LogP contribution in [0.1, 0.15) is 32.1 Å². The van der Waals surface area contributed by atoms with E-state index in [1.165, 1.54) is 6.42 Å². The minimum Gasteiger partial charge on any atom is -0.381 e. The van der Waals surface area contributed by atoms with Crippen molar-refractivity contribution in [1.82, 2.24) is 14.9 Å². The van der Waals surface area contributed by atoms with Crippen LogP contribution in [-0.2, 0) is 9.53 Å². The summed E-state index contributed by atoms with van der Waals surface area (Å²) in [6.07, 6.45) is 9.54. The summed E-state index contributed by atoms with van der Waals surface area (Å²) in [5, 5.41) is 0.467. The molecule has 0 N–H and O–H groups in total. The Labute approximate surface area is 148 Å². The van der Waals surface area contributed by atoms with Crippen LogP contribution in [-0.4, -0.2) is 60.2 Å². The predicted molar refractivity (Wildman–Crippen MR) is 93.2 cm³/mol. The lowest BCUT2D eigenvalue weighted by Crippen LogP contribution is -2.41. The Kier molecular flexibility index (Phi) is 6.26. The van der Waals surface area contributed by atoms with Crippen molar-refractivity contribution < 1.29 is 9.53 Å². The summed E-state index contributed by atoms with van der Waals surface area (Å²) in [5.41, 5.74) is 0. The standard InChI is InChI=1S/C17H25ClN4O2/c18-16-17(20-7-6-19-16)21-8-1-2-14(12-21)3-9-22(13-23)15-4-10-24-11-5-15/h6-7,13-15H,1-5,8-12H2. The molecule has 2 aliphatic rings. The highest BCUT2D eigenvalue weighted by Gasteiger charge is 2.25. The summed E-state index contributed by atoms with van der Waals surface area (Å²) in [6, 6.07) is 0.338. The zero-order chi connectivity index (χ0) is 16.8. The quantitative estimate of drug-likeness (QED) is 0.736. The van der Waals surface area contributed by atoms with E-state index in [4.69, 9.17) is 16.3 Å². The molecule has 0 radical (unpaired) electrons. The van der Waals surface area contributed by atoms with Crippen LogP contribution in [0.25, 0.3) is 0 Å². The number of amides is 1. The van der Waals surface area contributed by atoms with Crippen molar-refractivity contribution in [2.24, 2.45) is 5.92 Å². The average molecular weight is 353 g/mol. The van der Waals surface area contributed by atoms with Crippen LogP contribution in [0.2, 0.25) is 5.15 Å². The molecule has 1 amide bonds. The van der Waals surface area contributed by atoms with E-state index in [9.17, 15) is 4.79 Å². The van der Waals surface area contributed by atoms with Gasteiger partial charge in [-0.05, 0) is 38.0 Å². The van der Waals surface area contributed by atoms with Crippen LogP contribution >= 0.6 is 11.6 Å². The van der Waals surface area contributed by atoms with Gasteiger partial charge in [0.25, 0.3) is 0 Å². The van der Waals surface area contributed by atoms with Crippen molar-refractivity contribution in [3.8, 4) is 0 Å². The monoisotopic (exact) mass is 352 g/mol. The smallest absolute Gasteiger partial charge is 0.209 e. The first kappa shape index (κ1) is 17.4. The molecular weight excluding hydrogens is 328 g/mol. The lowest BCUT2D eigenvalue weighted by Gasteiger charge is -2.36. The van der Waals surface area contributed by atoms with Gasteiger partial charge >= 0.3 is 0 Å². The third-order valence-electron chi connectivity index (χ3n) is 5.05. The SMILES string of the molecule is O=CN(CCC1CCCN(c2nccnc2Cl)C1)C1CCOCC1. The average Bonchev–Trinajstić information content (AvgIpc) is 2.64. The molecule has 0 saturated carbocycles. The molecule has 1 atom stereocenters. The van der Waals surface area contributed by atoms with Crippen LogP contribution in [0, 0.1) is 5.92 Å². The highest BCUT2D eigenvalue weighted by Crippen LogP contribution is 2.27. The zero-order valence-corrected chi connectivity index (χ0v) is 14.7. The molecule has 7 heteroatoms. The molecule has 24 heavy (non-hydrogen) atoms. The fraction of sp³-hybridized carbons (Fsp3) is 0.706. The summed E-state index contributed by atoms with van der Waals surface area (Å²) >= 11 is 6.18. The van der Waals surface area contributed by atoms with Crippen molar-refractivity contribution in [3.63, 3.8) is 0 Å². The summed E-state index contributed by atoms with van der Waals surface area (Å²) in [6.45, 7) is 4.24. The largest absolute Gasteiger partial charge is 0.381 e. The molecule has 3 heterocycles. The summed E-state index contributed by atoms with van der Waals surface area (Å²) in [7, 11) is 0. The topological polar surface area (TPSA) is 58.6 Å². The maximum absolute atomic E-state index is 11.4. The summed E-state index contributed by atoms with van der Waals surface area (Å²) in [5.74, 6) is 1.33. The van der Waals surface area contributed by atoms with Crippen molar-refractivity contribution in [1.29, 1.82) is 0 Å². The molecule has 2 fully saturated rings. The molecule has 0 spiro atoms. The Bertz CT molecular complexity index is 539. The van der Waals surface area contributed by atoms with Crippen molar-refractivity contribution >= 4 is 23.8 Å². The van der Waals surface area contributed by atoms with Crippen LogP contribution in [0.15, 0.2) is 12.4 Å². The molecule has 2 saturated heterocycles. The zero-order valence-electron chi connectivity index (χ0n) is 13.9. The highest BCUT2D eigenvalue weighted by atomic mass is 35.5. The lowest BCUT2D eigenvalue weighted by molar-refractivity contribution is -0.122. The molecule has 3 rings (SSSR count). The van der Waals surface area contributed by atoms with E-state index in [1.807, 2.05) is 4.90 Å². The molecular formula is C17H25ClN4O2. The number of aromatic nitrogens is 2. The van der Waals surface area contributed by atoms with Gasteiger partial charge in [0.05, 0.1) is 0 Å². The van der Waals surface area contributed by atoms with Gasteiger partial charge in [-0.25, -0.2) is 9.97 Å². The number of hydrogen-bond donors (Lipinski definition) is 0. The van der Waals surface area contributed by atoms with Gasteiger partial charge in [-0.1, -0.05) is 11.6 Å². The molecule has 0 aliphatic carbocycles. The number of ether oxygens (including phenoxy) is 1. The van der Waals surface area contributed by atoms with E-state index in [2.05, 4.69) is 14.9 Å². The molecule has 1 unspecified atom stereocenters. The Balaban J connectivity index is 1.53. The summed E-state index contributed by atoms with van der Waals surface area (Å²) in [4.78, 5) is 24.1. The number of carbonyl (C=O) groups excluding carboxylic acids is 1. The van der Waals surface area contributed by atoms with E-state index in [0.717, 1.165) is 70.8 Å². The highest BCUT2D eigenvalue weighted by molar-refractivity contribution is 6.31. The maximum Gasteiger partial charge on any atom is 0.209 e. The third-order valence-corrected chi connectivity index (χ3v) is 5.31. The van der Waals surface area contributed by atoms with Gasteiger partial charge in [-0.15, -0.1) is 0 Å². The number of anilines is 1. The molecule has 1 aromatic heterocycles. The second kappa shape index (κ2) is 8.62. The van der Waals surface area contributed by atoms with Crippen molar-refractivity contribution in [2.75, 3.05) is 37.7 Å². The van der Waals surface area contributed by atoms with E-state index in [1.54, 1.807) is 12.4 Å². The normalized spacial score (nSPS) is 22.4. The van der Waals surface area contributed by atoms with Crippen LogP contribution < -0.4 is 4.90 Å². The van der Waals surface area contributed by atoms with E-state index < -0.39 is 0 Å². The first-order valence-corrected chi connectivity index (χ1v) is 9.16. The van der Waals surface area contributed by atoms with Crippen LogP contribution in [0.5, 0.6) is 0 Å². The third kappa shape index (κ3) is 4.36. The Morgan fingerprint density at radius 1 is 1.29 bits per heavy atom. The fourth-order valence-electron chi connectivity index (χ4n) is 3.69. The lowest BCUT2D eigenvalue weighted by atomic mass is 9.94. The van der Waals surface area contributed by atoms with Gasteiger partial charge < -0.3 is 14.5 Å². The van der Waals surface area contributed by atoms with Gasteiger partial charge in [0.1, 0.15) is 0 Å². The van der Waals surface area contributed by atoms with Crippen molar-refractivity contribution in [3.05, 3.63) is 17.5 Å². The molecule has 1 aromatic rings. The van der Waals surface area contributed by atoms with Crippen molar-refractivity contribution in [2.45, 2.75) is 38.1 Å². The molecule has 0 aromatic carbocycles. The van der Waals surface area contributed by atoms with Gasteiger partial charge in [0.15, 0.2) is 11.0 Å². The van der Waals surface area contributed by atoms with E-state index in [-0.39, 0.29) is 0 Å². The number of piperidine rings is 1. The number of rotatable bonds is 6. The molecule has 132 valence electrons. The summed E-state index contributed by atoms with van der Waals surface area (Å²) < 4.78 is 5.39. The first-order valence-electron chi connectivity index (χ1n) is 8.78. The van der Waals surface area contributed by atoms with Gasteiger partial charge in [-0.2, -0.15) is 0 Å². The van der Waals surface area contributed by atoms with E-state index in [0.29, 0.717) is 17.1 Å². The first-order chi connectivity index (χ1) is 11.8. The fourth-order valence-corrected chi connectivity index (χ4v) is 3.91. The van der Waals surface area contributed by atoms with Gasteiger partial charge in [0, 0.05) is 51.3 Å². The Morgan fingerprint density at radius 2 is 2.08 bits per heavy atom. The molecule has 6 nitrogen and oxygen atoms in total. The Morgan fingerprint density at radius 3 is 2.83 bits per heavy atom. The second-order valence-electron chi connectivity index (χ2n) is 6.60. The molecule has 0 bridgehead atoms. The molecule has 2 aliphatic heterocycles.